The van der Waals surface area contributed by atoms with Gasteiger partial charge in [0.1, 0.15) is 5.60 Å². The molecular weight excluding hydrogens is 404 g/mol. The van der Waals surface area contributed by atoms with Crippen molar-refractivity contribution in [3.05, 3.63) is 29.8 Å². The maximum absolute atomic E-state index is 12.6. The number of rotatable bonds is 4. The van der Waals surface area contributed by atoms with Crippen molar-refractivity contribution in [3.8, 4) is 0 Å². The molecule has 32 heavy (non-hydrogen) atoms. The zero-order valence-electron chi connectivity index (χ0n) is 19.8. The molecule has 1 amide bonds. The Morgan fingerprint density at radius 1 is 1.16 bits per heavy atom. The third kappa shape index (κ3) is 3.46. The predicted molar refractivity (Wildman–Crippen MR) is 122 cm³/mol. The molecule has 1 aromatic carbocycles. The van der Waals surface area contributed by atoms with Gasteiger partial charge in [0, 0.05) is 30.7 Å². The molecule has 6 nitrogen and oxygen atoms in total. The lowest BCUT2D eigenvalue weighted by Gasteiger charge is -2.39. The molecule has 2 heterocycles. The van der Waals surface area contributed by atoms with Crippen molar-refractivity contribution >= 4 is 17.7 Å². The molecule has 4 atom stereocenters. The highest BCUT2D eigenvalue weighted by Crippen LogP contribution is 2.82. The van der Waals surface area contributed by atoms with Crippen LogP contribution in [0, 0.1) is 22.7 Å². The van der Waals surface area contributed by atoms with Gasteiger partial charge in [0.05, 0.1) is 13.0 Å². The standard InChI is InChI=1S/C26H36N2O4/c1-24(2,3)32-23(30)28-11-9-17(10-12-28)13-25(15-20(25)22(29)31-4)26-14-19(26)18-7-5-6-8-21(18)27-16-26/h5-8,17,19-20,27H,9-16H2,1-4H3/t19-,20-,25-,26?/m0/s1. The topological polar surface area (TPSA) is 67.9 Å². The Bertz CT molecular complexity index is 917. The second-order valence-electron chi connectivity index (χ2n) is 11.4. The van der Waals surface area contributed by atoms with Crippen LogP contribution in [0.3, 0.4) is 0 Å². The minimum Gasteiger partial charge on any atom is -0.469 e. The van der Waals surface area contributed by atoms with Crippen molar-refractivity contribution in [1.29, 1.82) is 0 Å². The molecule has 1 unspecified atom stereocenters. The first-order chi connectivity index (χ1) is 15.2. The van der Waals surface area contributed by atoms with Gasteiger partial charge in [-0.25, -0.2) is 4.79 Å². The average Bonchev–Trinajstić information content (AvgIpc) is 3.66. The van der Waals surface area contributed by atoms with E-state index in [0.717, 1.165) is 51.7 Å². The minimum absolute atomic E-state index is 0.00782. The number of anilines is 1. The zero-order chi connectivity index (χ0) is 22.7. The Labute approximate surface area is 191 Å². The normalized spacial score (nSPS) is 33.4. The zero-order valence-corrected chi connectivity index (χ0v) is 19.8. The SMILES string of the molecule is COC(=O)[C@@H]1C[C@]1(CC1CCN(C(=O)OC(C)(C)C)CC1)C12CNc3ccccc3[C@@H]1C2. The molecule has 0 radical (unpaired) electrons. The van der Waals surface area contributed by atoms with Crippen LogP contribution in [0.2, 0.25) is 0 Å². The molecule has 0 spiro atoms. The number of fused-ring (bicyclic) bond motifs is 3. The number of likely N-dealkylation sites (tertiary alicyclic amines) is 1. The highest BCUT2D eigenvalue weighted by molar-refractivity contribution is 5.78. The summed E-state index contributed by atoms with van der Waals surface area (Å²) in [5, 5.41) is 3.68. The second kappa shape index (κ2) is 7.39. The summed E-state index contributed by atoms with van der Waals surface area (Å²) in [6.07, 6.45) is 4.88. The van der Waals surface area contributed by atoms with Gasteiger partial charge in [-0.1, -0.05) is 18.2 Å². The first-order valence-corrected chi connectivity index (χ1v) is 12.1. The van der Waals surface area contributed by atoms with E-state index >= 15 is 0 Å². The molecule has 1 saturated heterocycles. The van der Waals surface area contributed by atoms with Crippen LogP contribution in [0.15, 0.2) is 24.3 Å². The van der Waals surface area contributed by atoms with Crippen LogP contribution in [0.25, 0.3) is 0 Å². The lowest BCUT2D eigenvalue weighted by atomic mass is 9.71. The molecule has 1 aromatic rings. The molecule has 174 valence electrons. The maximum atomic E-state index is 12.6. The summed E-state index contributed by atoms with van der Waals surface area (Å²) in [5.74, 6) is 1.02. The third-order valence-corrected chi connectivity index (χ3v) is 8.48. The van der Waals surface area contributed by atoms with E-state index in [9.17, 15) is 9.59 Å². The van der Waals surface area contributed by atoms with Gasteiger partial charge in [-0.2, -0.15) is 0 Å². The Morgan fingerprint density at radius 3 is 2.56 bits per heavy atom. The predicted octanol–water partition coefficient (Wildman–Crippen LogP) is 4.80. The van der Waals surface area contributed by atoms with Gasteiger partial charge < -0.3 is 19.7 Å². The summed E-state index contributed by atoms with van der Waals surface area (Å²) >= 11 is 0. The van der Waals surface area contributed by atoms with Crippen molar-refractivity contribution in [2.45, 2.75) is 64.4 Å². The van der Waals surface area contributed by atoms with E-state index in [-0.39, 0.29) is 28.8 Å². The van der Waals surface area contributed by atoms with Crippen molar-refractivity contribution < 1.29 is 19.1 Å². The number of nitrogens with zero attached hydrogens (tertiary/aromatic N) is 1. The number of methoxy groups -OCH3 is 1. The van der Waals surface area contributed by atoms with Gasteiger partial charge in [0.15, 0.2) is 0 Å². The molecule has 2 aliphatic heterocycles. The Balaban J connectivity index is 1.29. The van der Waals surface area contributed by atoms with E-state index in [1.807, 2.05) is 25.7 Å². The van der Waals surface area contributed by atoms with Crippen molar-refractivity contribution in [1.82, 2.24) is 4.90 Å². The van der Waals surface area contributed by atoms with Crippen LogP contribution in [-0.4, -0.2) is 49.3 Å². The van der Waals surface area contributed by atoms with E-state index < -0.39 is 5.60 Å². The first kappa shape index (κ1) is 21.6. The number of amides is 1. The molecule has 2 aliphatic carbocycles. The van der Waals surface area contributed by atoms with Crippen LogP contribution in [-0.2, 0) is 14.3 Å². The Hall–Kier alpha value is -2.24. The van der Waals surface area contributed by atoms with Gasteiger partial charge in [-0.15, -0.1) is 0 Å². The van der Waals surface area contributed by atoms with Gasteiger partial charge in [0.2, 0.25) is 0 Å². The molecule has 6 heteroatoms. The first-order valence-electron chi connectivity index (χ1n) is 12.1. The fraction of sp³-hybridized carbons (Fsp3) is 0.692. The van der Waals surface area contributed by atoms with Crippen LogP contribution >= 0.6 is 0 Å². The summed E-state index contributed by atoms with van der Waals surface area (Å²) in [6.45, 7) is 8.13. The maximum Gasteiger partial charge on any atom is 0.410 e. The second-order valence-corrected chi connectivity index (χ2v) is 11.4. The number of para-hydroxylation sites is 1. The molecule has 3 fully saturated rings. The third-order valence-electron chi connectivity index (χ3n) is 8.48. The number of nitrogens with one attached hydrogen (secondary N) is 1. The monoisotopic (exact) mass is 440 g/mol. The number of esters is 1. The molecule has 1 N–H and O–H groups in total. The lowest BCUT2D eigenvalue weighted by molar-refractivity contribution is -0.143. The summed E-state index contributed by atoms with van der Waals surface area (Å²) in [7, 11) is 1.52. The fourth-order valence-electron chi connectivity index (χ4n) is 6.75. The summed E-state index contributed by atoms with van der Waals surface area (Å²) in [5.41, 5.74) is 2.37. The van der Waals surface area contributed by atoms with Crippen molar-refractivity contribution in [2.75, 3.05) is 32.1 Å². The Morgan fingerprint density at radius 2 is 1.88 bits per heavy atom. The van der Waals surface area contributed by atoms with E-state index in [1.165, 1.54) is 18.4 Å². The van der Waals surface area contributed by atoms with E-state index in [2.05, 4.69) is 29.6 Å². The quantitative estimate of drug-likeness (QED) is 0.681. The van der Waals surface area contributed by atoms with Gasteiger partial charge in [-0.3, -0.25) is 4.79 Å². The number of ether oxygens (including phenoxy) is 2. The number of hydrogen-bond acceptors (Lipinski definition) is 5. The summed E-state index contributed by atoms with van der Waals surface area (Å²) in [4.78, 5) is 26.9. The fourth-order valence-corrected chi connectivity index (χ4v) is 6.75. The van der Waals surface area contributed by atoms with E-state index in [4.69, 9.17) is 9.47 Å². The van der Waals surface area contributed by atoms with Gasteiger partial charge >= 0.3 is 12.1 Å². The summed E-state index contributed by atoms with van der Waals surface area (Å²) < 4.78 is 10.8. The molecule has 4 aliphatic rings. The van der Waals surface area contributed by atoms with Crippen LogP contribution in [0.5, 0.6) is 0 Å². The average molecular weight is 441 g/mol. The Kier molecular flexibility index (Phi) is 4.99. The molecule has 2 saturated carbocycles. The van der Waals surface area contributed by atoms with E-state index in [1.54, 1.807) is 0 Å². The largest absolute Gasteiger partial charge is 0.469 e. The lowest BCUT2D eigenvalue weighted by Crippen LogP contribution is -2.43. The van der Waals surface area contributed by atoms with Crippen LogP contribution in [0.1, 0.15) is 64.4 Å². The highest BCUT2D eigenvalue weighted by Gasteiger charge is 2.78. The van der Waals surface area contributed by atoms with Crippen LogP contribution < -0.4 is 5.32 Å². The number of benzene rings is 1. The number of carbonyl (C=O) groups excluding carboxylic acids is 2. The minimum atomic E-state index is -0.468. The van der Waals surface area contributed by atoms with Crippen molar-refractivity contribution in [2.24, 2.45) is 22.7 Å². The molecular formula is C26H36N2O4. The number of hydrogen-bond donors (Lipinski definition) is 1. The van der Waals surface area contributed by atoms with E-state index in [0.29, 0.717) is 11.8 Å². The van der Waals surface area contributed by atoms with Gasteiger partial charge in [-0.05, 0) is 81.8 Å². The molecule has 0 bridgehead atoms. The van der Waals surface area contributed by atoms with Crippen LogP contribution in [0.4, 0.5) is 10.5 Å². The number of carbonyl (C=O) groups is 2. The molecule has 5 rings (SSSR count). The number of piperidine rings is 1. The highest BCUT2D eigenvalue weighted by atomic mass is 16.6. The smallest absolute Gasteiger partial charge is 0.410 e. The van der Waals surface area contributed by atoms with Crippen molar-refractivity contribution in [3.63, 3.8) is 0 Å². The van der Waals surface area contributed by atoms with Gasteiger partial charge in [0.25, 0.3) is 0 Å². The molecule has 0 aromatic heterocycles. The summed E-state index contributed by atoms with van der Waals surface area (Å²) in [6, 6.07) is 8.63.